The van der Waals surface area contributed by atoms with Gasteiger partial charge in [-0.15, -0.1) is 0 Å². The Hall–Kier alpha value is -2.23. The number of pyridine rings is 1. The van der Waals surface area contributed by atoms with Gasteiger partial charge in [0.05, 0.1) is 19.9 Å². The lowest BCUT2D eigenvalue weighted by Gasteiger charge is -2.09. The number of benzene rings is 1. The van der Waals surface area contributed by atoms with E-state index in [1.165, 1.54) is 0 Å². The fourth-order valence-electron chi connectivity index (χ4n) is 1.92. The molecule has 4 nitrogen and oxygen atoms in total. The molecule has 0 aliphatic heterocycles. The van der Waals surface area contributed by atoms with E-state index in [0.717, 1.165) is 12.0 Å². The minimum atomic E-state index is 0.239. The first-order valence-electron chi connectivity index (χ1n) is 6.08. The third-order valence-electron chi connectivity index (χ3n) is 2.96. The van der Waals surface area contributed by atoms with Crippen molar-refractivity contribution in [3.8, 4) is 17.2 Å². The Morgan fingerprint density at radius 1 is 1.05 bits per heavy atom. The summed E-state index contributed by atoms with van der Waals surface area (Å²) < 4.78 is 10.5. The first-order chi connectivity index (χ1) is 9.24. The summed E-state index contributed by atoms with van der Waals surface area (Å²) in [4.78, 5) is 4.16. The summed E-state index contributed by atoms with van der Waals surface area (Å²) >= 11 is 0. The Morgan fingerprint density at radius 2 is 1.84 bits per heavy atom. The van der Waals surface area contributed by atoms with Gasteiger partial charge in [-0.05, 0) is 42.7 Å². The number of hydrogen-bond acceptors (Lipinski definition) is 4. The highest BCUT2D eigenvalue weighted by molar-refractivity contribution is 5.43. The van der Waals surface area contributed by atoms with Crippen molar-refractivity contribution in [2.24, 2.45) is 0 Å². The van der Waals surface area contributed by atoms with Crippen LogP contribution in [0, 0.1) is 0 Å². The Balaban J connectivity index is 2.10. The first kappa shape index (κ1) is 13.2. The van der Waals surface area contributed by atoms with Gasteiger partial charge in [0.1, 0.15) is 5.75 Å². The van der Waals surface area contributed by atoms with Crippen molar-refractivity contribution < 1.29 is 14.6 Å². The second-order valence-electron chi connectivity index (χ2n) is 4.16. The summed E-state index contributed by atoms with van der Waals surface area (Å²) in [5, 5.41) is 9.66. The topological polar surface area (TPSA) is 51.6 Å². The third kappa shape index (κ3) is 3.16. The van der Waals surface area contributed by atoms with Gasteiger partial charge in [0.15, 0.2) is 11.5 Å². The van der Waals surface area contributed by atoms with Crippen LogP contribution in [0.5, 0.6) is 17.2 Å². The second kappa shape index (κ2) is 6.09. The minimum absolute atomic E-state index is 0.239. The van der Waals surface area contributed by atoms with E-state index in [9.17, 15) is 5.11 Å². The van der Waals surface area contributed by atoms with Gasteiger partial charge >= 0.3 is 0 Å². The van der Waals surface area contributed by atoms with E-state index in [4.69, 9.17) is 9.47 Å². The molecule has 0 atom stereocenters. The van der Waals surface area contributed by atoms with Crippen molar-refractivity contribution in [1.82, 2.24) is 4.98 Å². The zero-order chi connectivity index (χ0) is 13.7. The first-order valence-corrected chi connectivity index (χ1v) is 6.08. The van der Waals surface area contributed by atoms with E-state index in [0.29, 0.717) is 23.6 Å². The molecule has 0 aliphatic rings. The molecule has 1 aromatic heterocycles. The molecule has 0 amide bonds. The number of rotatable bonds is 5. The lowest BCUT2D eigenvalue weighted by atomic mass is 10.1. The summed E-state index contributed by atoms with van der Waals surface area (Å²) in [6, 6.07) is 9.18. The third-order valence-corrected chi connectivity index (χ3v) is 2.96. The molecule has 0 bridgehead atoms. The Bertz CT molecular complexity index is 555. The fraction of sp³-hybridized carbons (Fsp3) is 0.267. The summed E-state index contributed by atoms with van der Waals surface area (Å²) in [5.41, 5.74) is 1.82. The van der Waals surface area contributed by atoms with Crippen molar-refractivity contribution >= 4 is 0 Å². The summed E-state index contributed by atoms with van der Waals surface area (Å²) in [6.07, 6.45) is 3.15. The molecule has 0 unspecified atom stereocenters. The van der Waals surface area contributed by atoms with Gasteiger partial charge in [0.25, 0.3) is 0 Å². The Morgan fingerprint density at radius 3 is 2.53 bits per heavy atom. The predicted molar refractivity (Wildman–Crippen MR) is 72.9 cm³/mol. The Labute approximate surface area is 112 Å². The van der Waals surface area contributed by atoms with Crippen LogP contribution in [0.2, 0.25) is 0 Å². The van der Waals surface area contributed by atoms with Crippen molar-refractivity contribution in [2.45, 2.75) is 12.8 Å². The fourth-order valence-corrected chi connectivity index (χ4v) is 1.92. The highest BCUT2D eigenvalue weighted by Gasteiger charge is 2.06. The van der Waals surface area contributed by atoms with Crippen LogP contribution in [0.1, 0.15) is 11.3 Å². The van der Waals surface area contributed by atoms with Crippen LogP contribution in [0.25, 0.3) is 0 Å². The zero-order valence-corrected chi connectivity index (χ0v) is 11.1. The largest absolute Gasteiger partial charge is 0.506 e. The summed E-state index contributed by atoms with van der Waals surface area (Å²) in [7, 11) is 3.23. The lowest BCUT2D eigenvalue weighted by molar-refractivity contribution is 0.354. The van der Waals surface area contributed by atoms with Gasteiger partial charge < -0.3 is 14.6 Å². The van der Waals surface area contributed by atoms with Crippen LogP contribution in [-0.4, -0.2) is 24.3 Å². The number of aryl methyl sites for hydroxylation is 2. The van der Waals surface area contributed by atoms with E-state index in [-0.39, 0.29) is 5.75 Å². The molecule has 0 radical (unpaired) electrons. The van der Waals surface area contributed by atoms with E-state index < -0.39 is 0 Å². The van der Waals surface area contributed by atoms with E-state index >= 15 is 0 Å². The van der Waals surface area contributed by atoms with E-state index in [1.54, 1.807) is 32.5 Å². The summed E-state index contributed by atoms with van der Waals surface area (Å²) in [6.45, 7) is 0. The molecule has 1 aromatic carbocycles. The number of hydrogen-bond donors (Lipinski definition) is 1. The molecule has 1 N–H and O–H groups in total. The minimum Gasteiger partial charge on any atom is -0.506 e. The van der Waals surface area contributed by atoms with E-state index in [1.807, 2.05) is 18.2 Å². The van der Waals surface area contributed by atoms with E-state index in [2.05, 4.69) is 4.98 Å². The molecular formula is C15H17NO3. The van der Waals surface area contributed by atoms with Crippen molar-refractivity contribution in [1.29, 1.82) is 0 Å². The quantitative estimate of drug-likeness (QED) is 0.896. The maximum atomic E-state index is 9.66. The van der Waals surface area contributed by atoms with Crippen LogP contribution in [-0.2, 0) is 12.8 Å². The van der Waals surface area contributed by atoms with Crippen LogP contribution < -0.4 is 9.47 Å². The van der Waals surface area contributed by atoms with Crippen LogP contribution in [0.4, 0.5) is 0 Å². The van der Waals surface area contributed by atoms with Crippen LogP contribution in [0.3, 0.4) is 0 Å². The van der Waals surface area contributed by atoms with Gasteiger partial charge in [0.2, 0.25) is 0 Å². The lowest BCUT2D eigenvalue weighted by Crippen LogP contribution is -1.96. The molecule has 0 fully saturated rings. The van der Waals surface area contributed by atoms with Crippen LogP contribution >= 0.6 is 0 Å². The van der Waals surface area contributed by atoms with Crippen molar-refractivity contribution in [2.75, 3.05) is 14.2 Å². The van der Waals surface area contributed by atoms with Gasteiger partial charge in [0, 0.05) is 6.20 Å². The molecule has 4 heteroatoms. The highest BCUT2D eigenvalue weighted by Crippen LogP contribution is 2.28. The maximum absolute atomic E-state index is 9.66. The normalized spacial score (nSPS) is 10.2. The Kier molecular flexibility index (Phi) is 4.23. The molecule has 2 rings (SSSR count). The number of aromatic nitrogens is 1. The molecular weight excluding hydrogens is 242 g/mol. The molecule has 0 spiro atoms. The SMILES string of the molecule is COc1ccc(CCc2ncccc2O)cc1OC. The molecule has 2 aromatic rings. The van der Waals surface area contributed by atoms with Gasteiger partial charge in [-0.2, -0.15) is 0 Å². The van der Waals surface area contributed by atoms with Crippen LogP contribution in [0.15, 0.2) is 36.5 Å². The molecule has 0 aliphatic carbocycles. The molecule has 0 saturated carbocycles. The molecule has 0 saturated heterocycles. The van der Waals surface area contributed by atoms with Gasteiger partial charge in [-0.1, -0.05) is 6.07 Å². The number of ether oxygens (including phenoxy) is 2. The average molecular weight is 259 g/mol. The predicted octanol–water partition coefficient (Wildman–Crippen LogP) is 2.59. The summed E-state index contributed by atoms with van der Waals surface area (Å²) in [5.74, 6) is 1.67. The standard InChI is InChI=1S/C15H17NO3/c1-18-14-8-6-11(10-15(14)19-2)5-7-12-13(17)4-3-9-16-12/h3-4,6,8-10,17H,5,7H2,1-2H3. The molecule has 100 valence electrons. The van der Waals surface area contributed by atoms with Crippen molar-refractivity contribution in [3.63, 3.8) is 0 Å². The zero-order valence-electron chi connectivity index (χ0n) is 11.1. The molecule has 19 heavy (non-hydrogen) atoms. The number of nitrogens with zero attached hydrogens (tertiary/aromatic N) is 1. The monoisotopic (exact) mass is 259 g/mol. The number of methoxy groups -OCH3 is 2. The molecule has 1 heterocycles. The smallest absolute Gasteiger partial charge is 0.160 e. The van der Waals surface area contributed by atoms with Gasteiger partial charge in [-0.3, -0.25) is 4.98 Å². The second-order valence-corrected chi connectivity index (χ2v) is 4.16. The maximum Gasteiger partial charge on any atom is 0.160 e. The number of aromatic hydroxyl groups is 1. The average Bonchev–Trinajstić information content (AvgIpc) is 2.46. The highest BCUT2D eigenvalue weighted by atomic mass is 16.5. The van der Waals surface area contributed by atoms with Gasteiger partial charge in [-0.25, -0.2) is 0 Å². The van der Waals surface area contributed by atoms with Crippen molar-refractivity contribution in [3.05, 3.63) is 47.8 Å².